The van der Waals surface area contributed by atoms with E-state index in [0.29, 0.717) is 11.0 Å². The second-order valence-electron chi connectivity index (χ2n) is 4.57. The summed E-state index contributed by atoms with van der Waals surface area (Å²) in [4.78, 5) is 23.0. The molecule has 108 valence electrons. The molecule has 5 nitrogen and oxygen atoms in total. The van der Waals surface area contributed by atoms with Gasteiger partial charge in [0, 0.05) is 10.8 Å². The number of carbonyl (C=O) groups excluding carboxylic acids is 2. The van der Waals surface area contributed by atoms with Gasteiger partial charge in [-0.3, -0.25) is 0 Å². The molecule has 0 amide bonds. The van der Waals surface area contributed by atoms with Crippen LogP contribution < -0.4 is 0 Å². The van der Waals surface area contributed by atoms with Gasteiger partial charge in [-0.2, -0.15) is 0 Å². The van der Waals surface area contributed by atoms with Crippen molar-refractivity contribution in [3.8, 4) is 0 Å². The van der Waals surface area contributed by atoms with Gasteiger partial charge in [-0.05, 0) is 20.8 Å². The number of hydrogen-bond donors (Lipinski definition) is 0. The summed E-state index contributed by atoms with van der Waals surface area (Å²) in [5.74, 6) is -0.634. The Hall–Kier alpha value is -1.01. The maximum Gasteiger partial charge on any atom is 0.349 e. The van der Waals surface area contributed by atoms with E-state index in [1.807, 2.05) is 6.92 Å². The lowest BCUT2D eigenvalue weighted by molar-refractivity contribution is -0.195. The summed E-state index contributed by atoms with van der Waals surface area (Å²) in [5.41, 5.74) is 0.242. The van der Waals surface area contributed by atoms with E-state index in [1.54, 1.807) is 11.8 Å². The van der Waals surface area contributed by atoms with Crippen LogP contribution in [0.5, 0.6) is 0 Å². The van der Waals surface area contributed by atoms with Crippen LogP contribution in [-0.4, -0.2) is 41.4 Å². The molecule has 0 aromatic rings. The molecule has 0 spiro atoms. The molecule has 0 radical (unpaired) electrons. The molecule has 1 fully saturated rings. The van der Waals surface area contributed by atoms with E-state index in [9.17, 15) is 9.59 Å². The fourth-order valence-electron chi connectivity index (χ4n) is 1.35. The van der Waals surface area contributed by atoms with E-state index in [2.05, 4.69) is 13.5 Å². The van der Waals surface area contributed by atoms with E-state index < -0.39 is 24.3 Å². The van der Waals surface area contributed by atoms with E-state index in [4.69, 9.17) is 14.2 Å². The van der Waals surface area contributed by atoms with Crippen LogP contribution in [0.15, 0.2) is 12.2 Å². The number of thioether (sulfide) groups is 1. The van der Waals surface area contributed by atoms with Gasteiger partial charge in [0.15, 0.2) is 6.10 Å². The first kappa shape index (κ1) is 16.0. The molecule has 1 aliphatic heterocycles. The molecule has 4 atom stereocenters. The largest absolute Gasteiger partial charge is 0.447 e. The number of esters is 2. The monoisotopic (exact) mass is 288 g/mol. The lowest BCUT2D eigenvalue weighted by Gasteiger charge is -2.32. The first-order valence-electron chi connectivity index (χ1n) is 6.15. The summed E-state index contributed by atoms with van der Waals surface area (Å²) in [7, 11) is 0. The molecule has 0 N–H and O–H groups in total. The molecule has 0 aromatic carbocycles. The van der Waals surface area contributed by atoms with Gasteiger partial charge in [0.2, 0.25) is 6.29 Å². The van der Waals surface area contributed by atoms with E-state index in [-0.39, 0.29) is 11.7 Å². The Morgan fingerprint density at radius 2 is 2.05 bits per heavy atom. The lowest BCUT2D eigenvalue weighted by Crippen LogP contribution is -2.39. The van der Waals surface area contributed by atoms with Crippen LogP contribution in [0.3, 0.4) is 0 Å². The maximum absolute atomic E-state index is 11.7. The smallest absolute Gasteiger partial charge is 0.349 e. The Bertz CT molecular complexity index is 368. The van der Waals surface area contributed by atoms with Crippen molar-refractivity contribution >= 4 is 23.7 Å². The van der Waals surface area contributed by atoms with Crippen molar-refractivity contribution in [3.05, 3.63) is 12.2 Å². The van der Waals surface area contributed by atoms with Crippen molar-refractivity contribution in [2.24, 2.45) is 0 Å². The van der Waals surface area contributed by atoms with Crippen LogP contribution in [0.1, 0.15) is 27.7 Å². The average molecular weight is 288 g/mol. The fraction of sp³-hybridized carbons (Fsp3) is 0.692. The molecular weight excluding hydrogens is 268 g/mol. The fourth-order valence-corrected chi connectivity index (χ4v) is 2.29. The topological polar surface area (TPSA) is 61.8 Å². The predicted octanol–water partition coefficient (Wildman–Crippen LogP) is 1.90. The van der Waals surface area contributed by atoms with E-state index >= 15 is 0 Å². The highest BCUT2D eigenvalue weighted by atomic mass is 32.2. The molecule has 1 aliphatic rings. The van der Waals surface area contributed by atoms with Crippen molar-refractivity contribution in [3.63, 3.8) is 0 Å². The van der Waals surface area contributed by atoms with Gasteiger partial charge in [0.1, 0.15) is 0 Å². The van der Waals surface area contributed by atoms with Crippen molar-refractivity contribution in [2.45, 2.75) is 51.4 Å². The van der Waals surface area contributed by atoms with Gasteiger partial charge in [-0.15, -0.1) is 11.8 Å². The van der Waals surface area contributed by atoms with Crippen LogP contribution in [0.4, 0.5) is 0 Å². The molecule has 4 unspecified atom stereocenters. The highest BCUT2D eigenvalue weighted by molar-refractivity contribution is 8.00. The Morgan fingerprint density at radius 3 is 2.58 bits per heavy atom. The zero-order valence-electron chi connectivity index (χ0n) is 11.7. The Balaban J connectivity index is 2.42. The van der Waals surface area contributed by atoms with Crippen molar-refractivity contribution in [1.29, 1.82) is 0 Å². The van der Waals surface area contributed by atoms with Gasteiger partial charge in [0.25, 0.3) is 0 Å². The number of carbonyl (C=O) groups is 2. The third-order valence-electron chi connectivity index (χ3n) is 2.73. The molecule has 0 bridgehead atoms. The summed E-state index contributed by atoms with van der Waals surface area (Å²) in [6, 6.07) is 0. The van der Waals surface area contributed by atoms with E-state index in [0.717, 1.165) is 0 Å². The highest BCUT2D eigenvalue weighted by Crippen LogP contribution is 2.26. The Morgan fingerprint density at radius 1 is 1.42 bits per heavy atom. The molecule has 0 saturated carbocycles. The van der Waals surface area contributed by atoms with Crippen LogP contribution in [0, 0.1) is 0 Å². The number of ether oxygens (including phenoxy) is 3. The summed E-state index contributed by atoms with van der Waals surface area (Å²) in [5, 5.41) is 0.369. The first-order valence-corrected chi connectivity index (χ1v) is 7.20. The Kier molecular flexibility index (Phi) is 5.87. The second kappa shape index (κ2) is 6.96. The van der Waals surface area contributed by atoms with Crippen LogP contribution >= 0.6 is 11.8 Å². The van der Waals surface area contributed by atoms with Gasteiger partial charge in [0.05, 0.1) is 11.9 Å². The minimum absolute atomic E-state index is 0.0184. The standard InChI is InChI=1S/C13H20O5S/c1-7(2)12(14)17-9(4)13(15)18-11-6-19-10(5)8(3)16-11/h8-11H,1,6H2,2-5H3. The zero-order valence-corrected chi connectivity index (χ0v) is 12.5. The van der Waals surface area contributed by atoms with Gasteiger partial charge >= 0.3 is 11.9 Å². The molecule has 19 heavy (non-hydrogen) atoms. The third-order valence-corrected chi connectivity index (χ3v) is 4.11. The second-order valence-corrected chi connectivity index (χ2v) is 5.98. The minimum atomic E-state index is -0.965. The average Bonchev–Trinajstić information content (AvgIpc) is 2.33. The van der Waals surface area contributed by atoms with Gasteiger partial charge < -0.3 is 14.2 Å². The minimum Gasteiger partial charge on any atom is -0.447 e. The number of hydrogen-bond acceptors (Lipinski definition) is 6. The van der Waals surface area contributed by atoms with E-state index in [1.165, 1.54) is 13.8 Å². The lowest BCUT2D eigenvalue weighted by atomic mass is 10.3. The summed E-state index contributed by atoms with van der Waals surface area (Å²) < 4.78 is 15.6. The molecule has 1 rings (SSSR count). The molecule has 0 aromatic heterocycles. The molecular formula is C13H20O5S. The normalized spacial score (nSPS) is 28.3. The third kappa shape index (κ3) is 4.87. The summed E-state index contributed by atoms with van der Waals surface area (Å²) in [6.45, 7) is 10.4. The van der Waals surface area contributed by atoms with Gasteiger partial charge in [-0.1, -0.05) is 13.5 Å². The van der Waals surface area contributed by atoms with Crippen LogP contribution in [0.2, 0.25) is 0 Å². The predicted molar refractivity (Wildman–Crippen MR) is 72.7 cm³/mol. The molecule has 6 heteroatoms. The van der Waals surface area contributed by atoms with Crippen molar-refractivity contribution in [1.82, 2.24) is 0 Å². The summed E-state index contributed by atoms with van der Waals surface area (Å²) in [6.07, 6.45) is -1.54. The quantitative estimate of drug-likeness (QED) is 0.581. The Labute approximate surface area is 117 Å². The number of rotatable bonds is 4. The van der Waals surface area contributed by atoms with Crippen LogP contribution in [-0.2, 0) is 23.8 Å². The summed E-state index contributed by atoms with van der Waals surface area (Å²) >= 11 is 1.68. The maximum atomic E-state index is 11.7. The van der Waals surface area contributed by atoms with Gasteiger partial charge in [-0.25, -0.2) is 9.59 Å². The molecule has 1 saturated heterocycles. The SMILES string of the molecule is C=C(C)C(=O)OC(C)C(=O)OC1CSC(C)C(C)O1. The first-order chi connectivity index (χ1) is 8.81. The molecule has 0 aliphatic carbocycles. The molecule has 1 heterocycles. The van der Waals surface area contributed by atoms with Crippen LogP contribution in [0.25, 0.3) is 0 Å². The van der Waals surface area contributed by atoms with Crippen molar-refractivity contribution < 1.29 is 23.8 Å². The zero-order chi connectivity index (χ0) is 14.6. The highest BCUT2D eigenvalue weighted by Gasteiger charge is 2.30. The van der Waals surface area contributed by atoms with Crippen molar-refractivity contribution in [2.75, 3.05) is 5.75 Å².